The molecule has 0 saturated carbocycles. The highest BCUT2D eigenvalue weighted by Crippen LogP contribution is 2.28. The quantitative estimate of drug-likeness (QED) is 0.302. The second-order valence-corrected chi connectivity index (χ2v) is 9.01. The smallest absolute Gasteiger partial charge is 0.251 e. The molecule has 0 fully saturated rings. The third kappa shape index (κ3) is 5.47. The summed E-state index contributed by atoms with van der Waals surface area (Å²) < 4.78 is 3.35. The van der Waals surface area contributed by atoms with Crippen LogP contribution in [-0.4, -0.2) is 20.9 Å². The van der Waals surface area contributed by atoms with Gasteiger partial charge in [0.25, 0.3) is 5.91 Å². The number of anilines is 1. The van der Waals surface area contributed by atoms with Crippen LogP contribution < -0.4 is 10.0 Å². The molecule has 3 aromatic heterocycles. The Bertz CT molecular complexity index is 1450. The van der Waals surface area contributed by atoms with E-state index in [4.69, 9.17) is 0 Å². The molecule has 1 aliphatic heterocycles. The lowest BCUT2D eigenvalue weighted by Gasteiger charge is -2.11. The van der Waals surface area contributed by atoms with E-state index in [9.17, 15) is 4.79 Å². The summed E-state index contributed by atoms with van der Waals surface area (Å²) >= 11 is 1.44. The summed E-state index contributed by atoms with van der Waals surface area (Å²) in [4.78, 5) is 27.0. The van der Waals surface area contributed by atoms with Gasteiger partial charge in [0.15, 0.2) is 0 Å². The van der Waals surface area contributed by atoms with Gasteiger partial charge in [0.1, 0.15) is 0 Å². The monoisotopic (exact) mass is 477 g/mol. The van der Waals surface area contributed by atoms with Gasteiger partial charge in [0.2, 0.25) is 0 Å². The number of aryl methyl sites for hydroxylation is 1. The number of amides is 1. The minimum absolute atomic E-state index is 0.134. The Balaban J connectivity index is 1.69. The molecule has 1 aromatic carbocycles. The van der Waals surface area contributed by atoms with E-state index in [1.165, 1.54) is 11.9 Å². The molecule has 4 aromatic rings. The number of carbonyl (C=O) groups is 1. The SMILES string of the molecule is Cc1cc2cccnccc1-c1cncc(c1)CNC(=O)c1cccc(c1)SNc1cncc-2c1. The minimum Gasteiger partial charge on any atom is -0.348 e. The number of rotatable bonds is 0. The number of carbonyl (C=O) groups excluding carboxylic acids is 1. The van der Waals surface area contributed by atoms with E-state index in [2.05, 4.69) is 50.1 Å². The first-order valence-corrected chi connectivity index (χ1v) is 12.0. The zero-order valence-electron chi connectivity index (χ0n) is 19.1. The second-order valence-electron chi connectivity index (χ2n) is 8.13. The van der Waals surface area contributed by atoms with Crippen molar-refractivity contribution in [3.05, 3.63) is 115 Å². The van der Waals surface area contributed by atoms with Crippen LogP contribution in [0, 0.1) is 6.92 Å². The fourth-order valence-electron chi connectivity index (χ4n) is 3.85. The first kappa shape index (κ1) is 22.6. The topological polar surface area (TPSA) is 79.8 Å². The molecule has 5 rings (SSSR count). The van der Waals surface area contributed by atoms with Crippen molar-refractivity contribution in [2.24, 2.45) is 0 Å². The molecule has 4 heterocycles. The highest BCUT2D eigenvalue weighted by atomic mass is 32.2. The first-order valence-electron chi connectivity index (χ1n) is 11.2. The molecule has 0 radical (unpaired) electrons. The van der Waals surface area contributed by atoms with Crippen LogP contribution in [-0.2, 0) is 6.54 Å². The van der Waals surface area contributed by atoms with Gasteiger partial charge in [-0.3, -0.25) is 19.7 Å². The fourth-order valence-corrected chi connectivity index (χ4v) is 4.53. The Morgan fingerprint density at radius 2 is 1.63 bits per heavy atom. The minimum atomic E-state index is -0.134. The number of pyridine rings is 2. The molecule has 2 N–H and O–H groups in total. The van der Waals surface area contributed by atoms with Gasteiger partial charge in [-0.2, -0.15) is 0 Å². The molecular weight excluding hydrogens is 454 g/mol. The summed E-state index contributed by atoms with van der Waals surface area (Å²) in [5, 5.41) is 3.01. The van der Waals surface area contributed by atoms with Crippen molar-refractivity contribution >= 4 is 23.5 Å². The molecule has 0 spiro atoms. The largest absolute Gasteiger partial charge is 0.348 e. The normalized spacial score (nSPS) is 12.4. The summed E-state index contributed by atoms with van der Waals surface area (Å²) in [6.07, 6.45) is 10.8. The lowest BCUT2D eigenvalue weighted by Crippen LogP contribution is -2.22. The summed E-state index contributed by atoms with van der Waals surface area (Å²) in [6, 6.07) is 19.7. The Morgan fingerprint density at radius 3 is 2.57 bits per heavy atom. The molecular formula is C28H23N5OS. The van der Waals surface area contributed by atoms with E-state index < -0.39 is 0 Å². The third-order valence-corrected chi connectivity index (χ3v) is 6.41. The second kappa shape index (κ2) is 10.4. The number of fused-ring (bicyclic) bond motifs is 11. The molecule has 172 valence electrons. The zero-order chi connectivity index (χ0) is 24.0. The molecule has 35 heavy (non-hydrogen) atoms. The van der Waals surface area contributed by atoms with Crippen LogP contribution in [0.2, 0.25) is 0 Å². The Hall–Kier alpha value is -4.23. The number of nitrogens with one attached hydrogen (secondary N) is 2. The number of hydrogen-bond donors (Lipinski definition) is 2. The van der Waals surface area contributed by atoms with Crippen LogP contribution in [0.3, 0.4) is 0 Å². The van der Waals surface area contributed by atoms with Crippen molar-refractivity contribution in [3.8, 4) is 22.3 Å². The van der Waals surface area contributed by atoms with Crippen molar-refractivity contribution in [3.63, 3.8) is 0 Å². The molecule has 6 nitrogen and oxygen atoms in total. The summed E-state index contributed by atoms with van der Waals surface area (Å²) in [5.74, 6) is -0.134. The average Bonchev–Trinajstić information content (AvgIpc) is 2.89. The van der Waals surface area contributed by atoms with Crippen molar-refractivity contribution in [2.75, 3.05) is 4.72 Å². The lowest BCUT2D eigenvalue weighted by atomic mass is 10.0. The van der Waals surface area contributed by atoms with Crippen LogP contribution in [0.1, 0.15) is 21.5 Å². The van der Waals surface area contributed by atoms with Crippen LogP contribution in [0.25, 0.3) is 22.3 Å². The summed E-state index contributed by atoms with van der Waals surface area (Å²) in [6.45, 7) is 2.45. The van der Waals surface area contributed by atoms with Gasteiger partial charge < -0.3 is 10.0 Å². The molecule has 0 saturated heterocycles. The molecule has 7 heteroatoms. The lowest BCUT2D eigenvalue weighted by molar-refractivity contribution is 0.0950. The van der Waals surface area contributed by atoms with Gasteiger partial charge in [-0.05, 0) is 83.6 Å². The Kier molecular flexibility index (Phi) is 6.68. The first-order chi connectivity index (χ1) is 17.2. The van der Waals surface area contributed by atoms with Crippen molar-refractivity contribution in [2.45, 2.75) is 18.4 Å². The highest BCUT2D eigenvalue weighted by molar-refractivity contribution is 8.00. The molecule has 0 unspecified atom stereocenters. The fraction of sp³-hybridized carbons (Fsp3) is 0.0714. The Morgan fingerprint density at radius 1 is 0.771 bits per heavy atom. The predicted molar refractivity (Wildman–Crippen MR) is 140 cm³/mol. The maximum atomic E-state index is 12.8. The maximum absolute atomic E-state index is 12.8. The molecule has 1 aliphatic rings. The van der Waals surface area contributed by atoms with Crippen LogP contribution in [0.15, 0.2) is 103 Å². The van der Waals surface area contributed by atoms with Crippen LogP contribution in [0.5, 0.6) is 0 Å². The van der Waals surface area contributed by atoms with Gasteiger partial charge in [-0.25, -0.2) is 0 Å². The number of nitrogens with zero attached hydrogens (tertiary/aromatic N) is 3. The zero-order valence-corrected chi connectivity index (χ0v) is 19.9. The maximum Gasteiger partial charge on any atom is 0.251 e. The summed E-state index contributed by atoms with van der Waals surface area (Å²) in [7, 11) is 0. The van der Waals surface area contributed by atoms with Gasteiger partial charge in [-0.15, -0.1) is 0 Å². The number of aromatic nitrogens is 3. The van der Waals surface area contributed by atoms with E-state index in [1.807, 2.05) is 54.9 Å². The third-order valence-electron chi connectivity index (χ3n) is 5.59. The van der Waals surface area contributed by atoms with Crippen molar-refractivity contribution < 1.29 is 4.79 Å². The van der Waals surface area contributed by atoms with Crippen LogP contribution >= 0.6 is 11.9 Å². The predicted octanol–water partition coefficient (Wildman–Crippen LogP) is 6.00. The van der Waals surface area contributed by atoms with E-state index >= 15 is 0 Å². The highest BCUT2D eigenvalue weighted by Gasteiger charge is 2.09. The summed E-state index contributed by atoms with van der Waals surface area (Å²) in [5.41, 5.74) is 7.39. The molecule has 0 aliphatic carbocycles. The molecule has 0 atom stereocenters. The van der Waals surface area contributed by atoms with Crippen molar-refractivity contribution in [1.82, 2.24) is 20.3 Å². The van der Waals surface area contributed by atoms with E-state index in [0.29, 0.717) is 12.1 Å². The van der Waals surface area contributed by atoms with Gasteiger partial charge in [0, 0.05) is 59.1 Å². The van der Waals surface area contributed by atoms with E-state index in [-0.39, 0.29) is 5.91 Å². The molecule has 8 bridgehead atoms. The van der Waals surface area contributed by atoms with Gasteiger partial charge in [-0.1, -0.05) is 18.2 Å². The standard InChI is InChI=1S/C28H23N5OS/c1-19-10-21-5-3-8-29-9-7-27(19)24-11-20(14-30-17-24)15-32-28(34)22-4-2-6-26(13-22)35-33-25-12-23(21)16-31-18-25/h2-14,16-18,33H,15H2,1H3,(H,32,34). The Labute approximate surface area is 208 Å². The molecule has 1 amide bonds. The van der Waals surface area contributed by atoms with Crippen LogP contribution in [0.4, 0.5) is 5.69 Å². The number of benzene rings is 1. The number of hydrogen-bond acceptors (Lipinski definition) is 6. The van der Waals surface area contributed by atoms with Gasteiger partial charge in [0.05, 0.1) is 11.9 Å². The average molecular weight is 478 g/mol. The van der Waals surface area contributed by atoms with Crippen molar-refractivity contribution in [1.29, 1.82) is 0 Å². The van der Waals surface area contributed by atoms with Gasteiger partial charge >= 0.3 is 0 Å². The van der Waals surface area contributed by atoms with E-state index in [0.717, 1.165) is 44.0 Å². The van der Waals surface area contributed by atoms with E-state index in [1.54, 1.807) is 24.8 Å².